The van der Waals surface area contributed by atoms with E-state index >= 15 is 0 Å². The van der Waals surface area contributed by atoms with Gasteiger partial charge in [0.05, 0.1) is 11.0 Å². The van der Waals surface area contributed by atoms with Crippen LogP contribution in [0.1, 0.15) is 117 Å². The fourth-order valence-corrected chi connectivity index (χ4v) is 12.9. The molecule has 1 aromatic rings. The zero-order valence-electron chi connectivity index (χ0n) is 26.5. The molecule has 224 valence electrons. The molecule has 5 saturated carbocycles. The first-order chi connectivity index (χ1) is 19.3. The van der Waals surface area contributed by atoms with Crippen molar-refractivity contribution in [2.24, 2.45) is 62.6 Å². The maximum Gasteiger partial charge on any atom is 0.338 e. The fraction of sp³-hybridized carbons (Fsp3) is 0.784. The molecular weight excluding hydrogens is 508 g/mol. The molecule has 4 nitrogen and oxygen atoms in total. The Morgan fingerprint density at radius 3 is 2.29 bits per heavy atom. The van der Waals surface area contributed by atoms with Crippen LogP contribution >= 0.6 is 0 Å². The fourth-order valence-electron chi connectivity index (χ4n) is 12.9. The summed E-state index contributed by atoms with van der Waals surface area (Å²) < 4.78 is 12.9. The third-order valence-corrected chi connectivity index (χ3v) is 15.4. The number of fused-ring (bicyclic) bond motifs is 4. The Morgan fingerprint density at radius 2 is 1.56 bits per heavy atom. The van der Waals surface area contributed by atoms with Crippen LogP contribution in [0.3, 0.4) is 0 Å². The largest absolute Gasteiger partial charge is 0.462 e. The van der Waals surface area contributed by atoms with Gasteiger partial charge in [0.25, 0.3) is 0 Å². The molecule has 41 heavy (non-hydrogen) atoms. The predicted octanol–water partition coefficient (Wildman–Crippen LogP) is 8.48. The van der Waals surface area contributed by atoms with Gasteiger partial charge in [-0.3, -0.25) is 4.79 Å². The van der Waals surface area contributed by atoms with Crippen molar-refractivity contribution in [1.82, 2.24) is 0 Å². The highest BCUT2D eigenvalue weighted by molar-refractivity contribution is 5.89. The molecule has 0 N–H and O–H groups in total. The summed E-state index contributed by atoms with van der Waals surface area (Å²) in [4.78, 5) is 27.0. The number of esters is 2. The van der Waals surface area contributed by atoms with Crippen LogP contribution in [0.2, 0.25) is 0 Å². The first-order valence-corrected chi connectivity index (χ1v) is 16.8. The van der Waals surface area contributed by atoms with Gasteiger partial charge >= 0.3 is 11.9 Å². The van der Waals surface area contributed by atoms with E-state index in [0.717, 1.165) is 44.9 Å². The first-order valence-electron chi connectivity index (χ1n) is 16.8. The van der Waals surface area contributed by atoms with Crippen molar-refractivity contribution in [3.05, 3.63) is 35.9 Å². The highest BCUT2D eigenvalue weighted by Crippen LogP contribution is 2.78. The van der Waals surface area contributed by atoms with Gasteiger partial charge in [-0.25, -0.2) is 4.79 Å². The normalized spacial score (nSPS) is 51.3. The summed E-state index contributed by atoms with van der Waals surface area (Å²) in [6.07, 6.45) is 9.70. The lowest BCUT2D eigenvalue weighted by Crippen LogP contribution is -2.73. The second kappa shape index (κ2) is 8.85. The van der Waals surface area contributed by atoms with Crippen LogP contribution in [-0.4, -0.2) is 24.1 Å². The number of hydrogen-bond acceptors (Lipinski definition) is 4. The molecule has 0 aromatic heterocycles. The second-order valence-corrected chi connectivity index (χ2v) is 16.9. The minimum absolute atomic E-state index is 0.0454. The Labute approximate surface area is 247 Å². The zero-order valence-corrected chi connectivity index (χ0v) is 26.5. The number of hydrogen-bond donors (Lipinski definition) is 0. The van der Waals surface area contributed by atoms with Gasteiger partial charge in [-0.1, -0.05) is 66.7 Å². The van der Waals surface area contributed by atoms with Gasteiger partial charge in [-0.05, 0) is 116 Å². The van der Waals surface area contributed by atoms with Gasteiger partial charge in [-0.15, -0.1) is 0 Å². The van der Waals surface area contributed by atoms with E-state index in [2.05, 4.69) is 48.5 Å². The summed E-state index contributed by atoms with van der Waals surface area (Å²) in [6.45, 7) is 17.4. The summed E-state index contributed by atoms with van der Waals surface area (Å²) in [5, 5.41) is 0. The number of rotatable bonds is 2. The van der Waals surface area contributed by atoms with Crippen molar-refractivity contribution >= 4 is 11.9 Å². The molecule has 0 spiro atoms. The Balaban J connectivity index is 1.22. The molecule has 4 heteroatoms. The Bertz CT molecular complexity index is 1240. The zero-order chi connectivity index (χ0) is 29.2. The van der Waals surface area contributed by atoms with Crippen molar-refractivity contribution in [1.29, 1.82) is 0 Å². The summed E-state index contributed by atoms with van der Waals surface area (Å²) in [5.74, 6) is 3.10. The standard InChI is InChI=1S/C37H52O4/c1-22-13-18-37-20-19-36(7)30(29(37)23(22)2)25(40-32(37)39)21-27-34(5)16-15-28(41-31(38)24-11-9-8-10-12-24)33(3,4)26(34)14-17-35(27,36)6/h8-12,22-23,25-30H,13-21H2,1-7H3/t22-,23+,25-,26+,27-,28+,29+,30+,34+,35-,36-,37+/m1/s1. The average molecular weight is 561 g/mol. The van der Waals surface area contributed by atoms with Crippen LogP contribution in [0.15, 0.2) is 30.3 Å². The molecule has 1 aromatic carbocycles. The molecule has 7 rings (SSSR count). The van der Waals surface area contributed by atoms with Crippen LogP contribution in [0.4, 0.5) is 0 Å². The van der Waals surface area contributed by atoms with Gasteiger partial charge in [0.15, 0.2) is 0 Å². The van der Waals surface area contributed by atoms with E-state index in [-0.39, 0.29) is 51.2 Å². The molecule has 2 bridgehead atoms. The molecule has 0 unspecified atom stereocenters. The van der Waals surface area contributed by atoms with Crippen molar-refractivity contribution < 1.29 is 19.1 Å². The molecule has 5 aliphatic carbocycles. The van der Waals surface area contributed by atoms with E-state index in [4.69, 9.17) is 9.47 Å². The smallest absolute Gasteiger partial charge is 0.338 e. The topological polar surface area (TPSA) is 52.6 Å². The minimum atomic E-state index is -0.237. The molecule has 0 radical (unpaired) electrons. The molecule has 1 aliphatic heterocycles. The Kier molecular flexibility index (Phi) is 6.04. The van der Waals surface area contributed by atoms with Crippen LogP contribution in [0, 0.1) is 62.6 Å². The van der Waals surface area contributed by atoms with Gasteiger partial charge in [-0.2, -0.15) is 0 Å². The molecule has 0 amide bonds. The number of benzene rings is 1. The Hall–Kier alpha value is -1.84. The maximum atomic E-state index is 13.9. The molecule has 6 fully saturated rings. The molecule has 6 aliphatic rings. The van der Waals surface area contributed by atoms with E-state index in [1.807, 2.05) is 30.3 Å². The van der Waals surface area contributed by atoms with Crippen molar-refractivity contribution in [2.75, 3.05) is 0 Å². The summed E-state index contributed by atoms with van der Waals surface area (Å²) >= 11 is 0. The lowest BCUT2D eigenvalue weighted by Gasteiger charge is -2.76. The summed E-state index contributed by atoms with van der Waals surface area (Å²) in [6, 6.07) is 9.45. The van der Waals surface area contributed by atoms with E-state index < -0.39 is 0 Å². The summed E-state index contributed by atoms with van der Waals surface area (Å²) in [7, 11) is 0. The lowest BCUT2D eigenvalue weighted by molar-refractivity contribution is -0.305. The second-order valence-electron chi connectivity index (χ2n) is 16.9. The summed E-state index contributed by atoms with van der Waals surface area (Å²) in [5.41, 5.74) is 0.811. The monoisotopic (exact) mass is 560 g/mol. The van der Waals surface area contributed by atoms with Gasteiger partial charge in [0.1, 0.15) is 12.2 Å². The first kappa shape index (κ1) is 28.0. The van der Waals surface area contributed by atoms with Crippen molar-refractivity contribution in [3.8, 4) is 0 Å². The third kappa shape index (κ3) is 3.46. The quantitative estimate of drug-likeness (QED) is 0.340. The van der Waals surface area contributed by atoms with Crippen LogP contribution in [0.5, 0.6) is 0 Å². The molecular formula is C37H52O4. The maximum absolute atomic E-state index is 13.9. The van der Waals surface area contributed by atoms with E-state index in [1.165, 1.54) is 12.8 Å². The molecule has 12 atom stereocenters. The highest BCUT2D eigenvalue weighted by Gasteiger charge is 2.76. The van der Waals surface area contributed by atoms with Crippen LogP contribution in [0.25, 0.3) is 0 Å². The molecule has 1 heterocycles. The van der Waals surface area contributed by atoms with Gasteiger partial charge in [0.2, 0.25) is 0 Å². The predicted molar refractivity (Wildman–Crippen MR) is 160 cm³/mol. The molecule has 1 saturated heterocycles. The van der Waals surface area contributed by atoms with Crippen LogP contribution < -0.4 is 0 Å². The van der Waals surface area contributed by atoms with E-state index in [0.29, 0.717) is 41.1 Å². The van der Waals surface area contributed by atoms with Crippen LogP contribution in [-0.2, 0) is 14.3 Å². The number of carbonyl (C=O) groups is 2. The average Bonchev–Trinajstić information content (AvgIpc) is 2.93. The lowest BCUT2D eigenvalue weighted by atomic mass is 9.30. The van der Waals surface area contributed by atoms with Gasteiger partial charge in [0, 0.05) is 11.3 Å². The highest BCUT2D eigenvalue weighted by atomic mass is 16.6. The Morgan fingerprint density at radius 1 is 0.829 bits per heavy atom. The van der Waals surface area contributed by atoms with Crippen molar-refractivity contribution in [3.63, 3.8) is 0 Å². The van der Waals surface area contributed by atoms with E-state index in [1.54, 1.807) is 0 Å². The van der Waals surface area contributed by atoms with Crippen molar-refractivity contribution in [2.45, 2.75) is 118 Å². The third-order valence-electron chi connectivity index (χ3n) is 15.4. The number of carbonyl (C=O) groups excluding carboxylic acids is 2. The minimum Gasteiger partial charge on any atom is -0.462 e. The van der Waals surface area contributed by atoms with Gasteiger partial charge < -0.3 is 9.47 Å². The SMILES string of the molecule is C[C@@H]1[C@H]2[C@@H]3[C@H]4C[C@@H]5[C@@]6(C)CC[C@H](OC(=O)c7ccccc7)C(C)(C)[C@@H]6CC[C@@]5(C)[C@]3(C)CC[C@]2(CC[C@H]1C)C(=O)O4. The number of ether oxygens (including phenoxy) is 2. The van der Waals surface area contributed by atoms with E-state index in [9.17, 15) is 9.59 Å².